The first-order chi connectivity index (χ1) is 10.5. The Labute approximate surface area is 141 Å². The molecule has 120 valence electrons. The average molecular weight is 342 g/mol. The molecule has 3 rings (SSSR count). The third kappa shape index (κ3) is 3.52. The van der Waals surface area contributed by atoms with Crippen LogP contribution in [0, 0.1) is 17.8 Å². The van der Waals surface area contributed by atoms with E-state index in [4.69, 9.17) is 27.9 Å². The van der Waals surface area contributed by atoms with Crippen molar-refractivity contribution in [2.75, 3.05) is 6.61 Å². The number of hydrogen-bond donors (Lipinski definition) is 1. The molecule has 4 atom stereocenters. The van der Waals surface area contributed by atoms with Crippen LogP contribution < -0.4 is 10.1 Å². The van der Waals surface area contributed by atoms with Crippen molar-refractivity contribution in [3.05, 3.63) is 28.2 Å². The first kappa shape index (κ1) is 15.9. The predicted molar refractivity (Wildman–Crippen MR) is 88.5 cm³/mol. The zero-order chi connectivity index (χ0) is 15.7. The molecule has 0 heterocycles. The van der Waals surface area contributed by atoms with Crippen LogP contribution in [0.1, 0.15) is 32.6 Å². The van der Waals surface area contributed by atoms with Gasteiger partial charge in [-0.05, 0) is 62.1 Å². The predicted octanol–water partition coefficient (Wildman–Crippen LogP) is 4.31. The smallest absolute Gasteiger partial charge is 0.258 e. The molecule has 0 spiro atoms. The van der Waals surface area contributed by atoms with Crippen LogP contribution in [0.3, 0.4) is 0 Å². The molecule has 2 bridgehead atoms. The zero-order valence-electron chi connectivity index (χ0n) is 12.6. The van der Waals surface area contributed by atoms with E-state index in [2.05, 4.69) is 12.2 Å². The molecule has 1 aromatic carbocycles. The number of hydrogen-bond acceptors (Lipinski definition) is 2. The van der Waals surface area contributed by atoms with Gasteiger partial charge in [-0.25, -0.2) is 0 Å². The maximum Gasteiger partial charge on any atom is 0.258 e. The molecule has 2 fully saturated rings. The minimum atomic E-state index is -0.0960. The van der Waals surface area contributed by atoms with Crippen LogP contribution in [0.5, 0.6) is 5.75 Å². The number of halogens is 2. The highest BCUT2D eigenvalue weighted by molar-refractivity contribution is 6.35. The van der Waals surface area contributed by atoms with Crippen molar-refractivity contribution >= 4 is 29.1 Å². The van der Waals surface area contributed by atoms with E-state index in [-0.39, 0.29) is 18.6 Å². The Hall–Kier alpha value is -0.930. The Morgan fingerprint density at radius 1 is 1.36 bits per heavy atom. The summed E-state index contributed by atoms with van der Waals surface area (Å²) in [6.07, 6.45) is 5.31. The fourth-order valence-electron chi connectivity index (χ4n) is 4.04. The molecule has 0 saturated heterocycles. The minimum Gasteiger partial charge on any atom is -0.482 e. The Morgan fingerprint density at radius 3 is 2.82 bits per heavy atom. The first-order valence-electron chi connectivity index (χ1n) is 7.90. The average Bonchev–Trinajstić information content (AvgIpc) is 3.09. The van der Waals surface area contributed by atoms with Crippen LogP contribution in [-0.2, 0) is 4.79 Å². The van der Waals surface area contributed by atoms with Gasteiger partial charge in [0.05, 0.1) is 5.02 Å². The lowest BCUT2D eigenvalue weighted by Gasteiger charge is -2.28. The molecule has 0 unspecified atom stereocenters. The van der Waals surface area contributed by atoms with E-state index >= 15 is 0 Å². The van der Waals surface area contributed by atoms with Gasteiger partial charge in [-0.1, -0.05) is 29.6 Å². The van der Waals surface area contributed by atoms with Crippen molar-refractivity contribution in [3.63, 3.8) is 0 Å². The van der Waals surface area contributed by atoms with Crippen LogP contribution in [0.2, 0.25) is 10.0 Å². The van der Waals surface area contributed by atoms with E-state index in [0.717, 1.165) is 11.8 Å². The van der Waals surface area contributed by atoms with Crippen LogP contribution in [-0.4, -0.2) is 18.6 Å². The van der Waals surface area contributed by atoms with Crippen molar-refractivity contribution in [1.29, 1.82) is 0 Å². The third-order valence-corrected chi connectivity index (χ3v) is 5.61. The van der Waals surface area contributed by atoms with E-state index in [0.29, 0.717) is 21.7 Å². The number of carbonyl (C=O) groups excluding carboxylic acids is 1. The largest absolute Gasteiger partial charge is 0.482 e. The van der Waals surface area contributed by atoms with Gasteiger partial charge in [0.25, 0.3) is 5.91 Å². The van der Waals surface area contributed by atoms with Gasteiger partial charge in [-0.2, -0.15) is 0 Å². The summed E-state index contributed by atoms with van der Waals surface area (Å²) in [5.74, 6) is 2.70. The molecule has 5 heteroatoms. The summed E-state index contributed by atoms with van der Waals surface area (Å²) in [4.78, 5) is 12.1. The van der Waals surface area contributed by atoms with Crippen LogP contribution >= 0.6 is 23.2 Å². The van der Waals surface area contributed by atoms with E-state index in [1.54, 1.807) is 18.2 Å². The molecule has 0 aromatic heterocycles. The number of fused-ring (bicyclic) bond motifs is 2. The summed E-state index contributed by atoms with van der Waals surface area (Å²) in [5.41, 5.74) is 0. The molecular formula is C17H21Cl2NO2. The Kier molecular flexibility index (Phi) is 4.84. The lowest BCUT2D eigenvalue weighted by molar-refractivity contribution is -0.124. The SMILES string of the molecule is C[C@H](NC(=O)COc1ccc(Cl)cc1Cl)[C@@H]1C[C@H]2CC[C@H]1C2. The molecule has 1 amide bonds. The Morgan fingerprint density at radius 2 is 2.18 bits per heavy atom. The highest BCUT2D eigenvalue weighted by Gasteiger charge is 2.42. The van der Waals surface area contributed by atoms with E-state index < -0.39 is 0 Å². The molecule has 0 radical (unpaired) electrons. The summed E-state index contributed by atoms with van der Waals surface area (Å²) >= 11 is 11.9. The second-order valence-electron chi connectivity index (χ2n) is 6.56. The number of carbonyl (C=O) groups is 1. The molecule has 3 nitrogen and oxygen atoms in total. The maximum absolute atomic E-state index is 12.1. The third-order valence-electron chi connectivity index (χ3n) is 5.08. The molecule has 2 aliphatic rings. The lowest BCUT2D eigenvalue weighted by atomic mass is 9.84. The summed E-state index contributed by atoms with van der Waals surface area (Å²) in [6.45, 7) is 2.09. The van der Waals surface area contributed by atoms with Gasteiger partial charge in [-0.15, -0.1) is 0 Å². The molecule has 2 aliphatic carbocycles. The van der Waals surface area contributed by atoms with E-state index in [9.17, 15) is 4.79 Å². The van der Waals surface area contributed by atoms with Crippen molar-refractivity contribution in [3.8, 4) is 5.75 Å². The van der Waals surface area contributed by atoms with Crippen molar-refractivity contribution in [2.24, 2.45) is 17.8 Å². The van der Waals surface area contributed by atoms with Crippen molar-refractivity contribution in [2.45, 2.75) is 38.6 Å². The zero-order valence-corrected chi connectivity index (χ0v) is 14.2. The number of benzene rings is 1. The second-order valence-corrected chi connectivity index (χ2v) is 7.40. The molecule has 0 aliphatic heterocycles. The van der Waals surface area contributed by atoms with Crippen LogP contribution in [0.25, 0.3) is 0 Å². The quantitative estimate of drug-likeness (QED) is 0.866. The fourth-order valence-corrected chi connectivity index (χ4v) is 4.51. The Balaban J connectivity index is 1.48. The van der Waals surface area contributed by atoms with Crippen molar-refractivity contribution in [1.82, 2.24) is 5.32 Å². The molecular weight excluding hydrogens is 321 g/mol. The van der Waals surface area contributed by atoms with Gasteiger partial charge >= 0.3 is 0 Å². The first-order valence-corrected chi connectivity index (χ1v) is 8.65. The molecule has 22 heavy (non-hydrogen) atoms. The molecule has 1 N–H and O–H groups in total. The highest BCUT2D eigenvalue weighted by Crippen LogP contribution is 2.49. The summed E-state index contributed by atoms with van der Waals surface area (Å²) < 4.78 is 5.48. The van der Waals surface area contributed by atoms with E-state index in [1.807, 2.05) is 0 Å². The fraction of sp³-hybridized carbons (Fsp3) is 0.588. The normalized spacial score (nSPS) is 27.7. The van der Waals surface area contributed by atoms with Gasteiger partial charge < -0.3 is 10.1 Å². The van der Waals surface area contributed by atoms with Gasteiger partial charge in [-0.3, -0.25) is 4.79 Å². The van der Waals surface area contributed by atoms with Gasteiger partial charge in [0.2, 0.25) is 0 Å². The van der Waals surface area contributed by atoms with Gasteiger partial charge in [0.1, 0.15) is 5.75 Å². The van der Waals surface area contributed by atoms with Crippen LogP contribution in [0.15, 0.2) is 18.2 Å². The second kappa shape index (κ2) is 6.67. The van der Waals surface area contributed by atoms with E-state index in [1.165, 1.54) is 25.7 Å². The molecule has 2 saturated carbocycles. The Bertz CT molecular complexity index is 564. The standard InChI is InChI=1S/C17H21Cl2NO2/c1-10(14-7-11-2-3-12(14)6-11)20-17(21)9-22-16-5-4-13(18)8-15(16)19/h4-5,8,10-12,14H,2-3,6-7,9H2,1H3,(H,20,21)/t10-,11-,12-,14-/m0/s1. The number of rotatable bonds is 5. The van der Waals surface area contributed by atoms with Crippen molar-refractivity contribution < 1.29 is 9.53 Å². The molecule has 1 aromatic rings. The topological polar surface area (TPSA) is 38.3 Å². The monoisotopic (exact) mass is 341 g/mol. The minimum absolute atomic E-state index is 0.0213. The number of ether oxygens (including phenoxy) is 1. The highest BCUT2D eigenvalue weighted by atomic mass is 35.5. The maximum atomic E-state index is 12.1. The summed E-state index contributed by atoms with van der Waals surface area (Å²) in [6, 6.07) is 5.19. The van der Waals surface area contributed by atoms with Gasteiger partial charge in [0, 0.05) is 11.1 Å². The van der Waals surface area contributed by atoms with Crippen LogP contribution in [0.4, 0.5) is 0 Å². The summed E-state index contributed by atoms with van der Waals surface area (Å²) in [5, 5.41) is 4.04. The summed E-state index contributed by atoms with van der Waals surface area (Å²) in [7, 11) is 0. The number of nitrogens with one attached hydrogen (secondary N) is 1. The lowest BCUT2D eigenvalue weighted by Crippen LogP contribution is -2.42. The number of amides is 1. The van der Waals surface area contributed by atoms with Gasteiger partial charge in [0.15, 0.2) is 6.61 Å².